The highest BCUT2D eigenvalue weighted by Gasteiger charge is 2.39. The minimum absolute atomic E-state index is 0.0859. The summed E-state index contributed by atoms with van der Waals surface area (Å²) in [5, 5.41) is 0. The van der Waals surface area contributed by atoms with Gasteiger partial charge in [-0.25, -0.2) is 0 Å². The first-order valence-corrected chi connectivity index (χ1v) is 9.85. The monoisotopic (exact) mass is 417 g/mol. The van der Waals surface area contributed by atoms with Crippen molar-refractivity contribution in [3.8, 4) is 0 Å². The molecule has 1 rings (SSSR count). The second-order valence-electron chi connectivity index (χ2n) is 8.09. The number of halogens is 1. The van der Waals surface area contributed by atoms with E-state index in [1.807, 2.05) is 72.7 Å². The first-order chi connectivity index (χ1) is 10.7. The number of rotatable bonds is 5. The van der Waals surface area contributed by atoms with Crippen molar-refractivity contribution in [2.45, 2.75) is 70.8 Å². The van der Waals surface area contributed by atoms with Gasteiger partial charge in [0.25, 0.3) is 0 Å². The molecule has 0 saturated carbocycles. The van der Waals surface area contributed by atoms with Gasteiger partial charge in [-0.1, -0.05) is 28.1 Å². The van der Waals surface area contributed by atoms with E-state index in [0.717, 1.165) is 10.0 Å². The van der Waals surface area contributed by atoms with Crippen molar-refractivity contribution < 1.29 is 14.1 Å². The van der Waals surface area contributed by atoms with Crippen LogP contribution in [0.5, 0.6) is 0 Å². The van der Waals surface area contributed by atoms with Gasteiger partial charge in [-0.3, -0.25) is 4.79 Å². The van der Waals surface area contributed by atoms with Gasteiger partial charge in [0.05, 0.1) is 12.0 Å². The molecule has 0 aliphatic rings. The van der Waals surface area contributed by atoms with Gasteiger partial charge in [-0.2, -0.15) is 0 Å². The number of carbonyl (C=O) groups excluding carboxylic acids is 1. The molecule has 4 nitrogen and oxygen atoms in total. The molecule has 6 heteroatoms. The maximum atomic E-state index is 12.6. The van der Waals surface area contributed by atoms with Gasteiger partial charge in [0.15, 0.2) is 0 Å². The van der Waals surface area contributed by atoms with E-state index >= 15 is 0 Å². The quantitative estimate of drug-likeness (QED) is 0.567. The molecule has 0 heterocycles. The van der Waals surface area contributed by atoms with E-state index in [1.54, 1.807) is 0 Å². The fourth-order valence-electron chi connectivity index (χ4n) is 2.05. The second-order valence-corrected chi connectivity index (χ2v) is 11.0. The van der Waals surface area contributed by atoms with Crippen molar-refractivity contribution >= 4 is 33.3 Å². The molecule has 0 unspecified atom stereocenters. The zero-order chi connectivity index (χ0) is 18.8. The van der Waals surface area contributed by atoms with E-state index in [1.165, 1.54) is 0 Å². The van der Waals surface area contributed by atoms with Gasteiger partial charge in [-0.15, -0.1) is 4.72 Å². The molecule has 0 aliphatic heterocycles. The molecule has 0 aliphatic carbocycles. The third-order valence-corrected chi connectivity index (χ3v) is 5.50. The van der Waals surface area contributed by atoms with Crippen molar-refractivity contribution in [3.05, 3.63) is 34.3 Å². The molecule has 0 fully saturated rings. The third-order valence-electron chi connectivity index (χ3n) is 3.25. The first-order valence-electron chi connectivity index (χ1n) is 7.90. The van der Waals surface area contributed by atoms with Gasteiger partial charge in [-0.05, 0) is 66.2 Å². The highest BCUT2D eigenvalue weighted by atomic mass is 79.9. The molecule has 1 aromatic rings. The van der Waals surface area contributed by atoms with Gasteiger partial charge in [0, 0.05) is 15.8 Å². The molecule has 136 valence electrons. The first kappa shape index (κ1) is 21.5. The summed E-state index contributed by atoms with van der Waals surface area (Å²) >= 11 is 2.13. The third kappa shape index (κ3) is 6.75. The van der Waals surface area contributed by atoms with Crippen molar-refractivity contribution in [1.29, 1.82) is 0 Å². The highest BCUT2D eigenvalue weighted by Crippen LogP contribution is 2.31. The Hall–Kier alpha value is -0.560. The Morgan fingerprint density at radius 3 is 2.25 bits per heavy atom. The summed E-state index contributed by atoms with van der Waals surface area (Å²) in [5.74, 6) is -0.330. The average molecular weight is 418 g/mol. The average Bonchev–Trinajstić information content (AvgIpc) is 2.34. The predicted octanol–water partition coefficient (Wildman–Crippen LogP) is 4.45. The molecule has 0 bridgehead atoms. The second kappa shape index (κ2) is 7.77. The molecule has 1 N–H and O–H groups in total. The maximum Gasteiger partial charge on any atom is 0.308 e. The Kier molecular flexibility index (Phi) is 6.95. The number of benzene rings is 1. The van der Waals surface area contributed by atoms with Gasteiger partial charge in [0.2, 0.25) is 0 Å². The van der Waals surface area contributed by atoms with Crippen LogP contribution in [0.3, 0.4) is 0 Å². The van der Waals surface area contributed by atoms with E-state index in [4.69, 9.17) is 4.74 Å². The molecule has 0 spiro atoms. The Balaban J connectivity index is 3.14. The minimum Gasteiger partial charge on any atom is -0.598 e. The summed E-state index contributed by atoms with van der Waals surface area (Å²) in [6, 6.07) is 7.66. The highest BCUT2D eigenvalue weighted by molar-refractivity contribution is 9.10. The summed E-state index contributed by atoms with van der Waals surface area (Å²) in [6.45, 7) is 13.1. The SMILES string of the molecule is CC(C)(C)OC(=O)C[C@](C)(N[S@+]([O-])C(C)(C)C)c1cccc(Br)c1. The molecular formula is C18H28BrNO3S. The van der Waals surface area contributed by atoms with Crippen molar-refractivity contribution in [3.63, 3.8) is 0 Å². The van der Waals surface area contributed by atoms with Crippen LogP contribution in [0.15, 0.2) is 28.7 Å². The number of nitrogens with one attached hydrogen (secondary N) is 1. The van der Waals surface area contributed by atoms with Gasteiger partial charge in [0.1, 0.15) is 10.3 Å². The standard InChI is InChI=1S/C18H28BrNO3S/c1-16(2,3)23-15(21)12-18(7,20-24(22)17(4,5)6)13-9-8-10-14(19)11-13/h8-11,20H,12H2,1-7H3/t18-,24+/m0/s1. The van der Waals surface area contributed by atoms with Crippen molar-refractivity contribution in [2.24, 2.45) is 0 Å². The zero-order valence-electron chi connectivity index (χ0n) is 15.5. The molecule has 0 amide bonds. The predicted molar refractivity (Wildman–Crippen MR) is 103 cm³/mol. The lowest BCUT2D eigenvalue weighted by atomic mass is 9.90. The number of esters is 1. The normalized spacial score (nSPS) is 16.4. The molecule has 2 atom stereocenters. The lowest BCUT2D eigenvalue weighted by molar-refractivity contribution is -0.156. The molecule has 0 aromatic heterocycles. The largest absolute Gasteiger partial charge is 0.598 e. The van der Waals surface area contributed by atoms with E-state index in [9.17, 15) is 9.35 Å². The molecule has 1 aromatic carbocycles. The number of hydrogen-bond donors (Lipinski definition) is 1. The van der Waals surface area contributed by atoms with E-state index in [-0.39, 0.29) is 12.4 Å². The lowest BCUT2D eigenvalue weighted by Gasteiger charge is -2.35. The van der Waals surface area contributed by atoms with Crippen molar-refractivity contribution in [1.82, 2.24) is 4.72 Å². The van der Waals surface area contributed by atoms with Crippen LogP contribution in [0, 0.1) is 0 Å². The number of carbonyl (C=O) groups is 1. The van der Waals surface area contributed by atoms with E-state index in [0.29, 0.717) is 0 Å². The summed E-state index contributed by atoms with van der Waals surface area (Å²) in [6.07, 6.45) is 0.0859. The van der Waals surface area contributed by atoms with E-state index in [2.05, 4.69) is 20.7 Å². The summed E-state index contributed by atoms with van der Waals surface area (Å²) < 4.78 is 21.7. The summed E-state index contributed by atoms with van der Waals surface area (Å²) in [5.41, 5.74) is -0.483. The number of ether oxygens (including phenoxy) is 1. The molecule has 0 saturated heterocycles. The molecule has 24 heavy (non-hydrogen) atoms. The fraction of sp³-hybridized carbons (Fsp3) is 0.611. The van der Waals surface area contributed by atoms with Crippen LogP contribution in [-0.2, 0) is 26.4 Å². The van der Waals surface area contributed by atoms with Crippen LogP contribution in [0.1, 0.15) is 60.5 Å². The Morgan fingerprint density at radius 2 is 1.79 bits per heavy atom. The minimum atomic E-state index is -1.33. The maximum absolute atomic E-state index is 12.6. The lowest BCUT2D eigenvalue weighted by Crippen LogP contribution is -2.51. The van der Waals surface area contributed by atoms with E-state index < -0.39 is 27.2 Å². The number of hydrogen-bond acceptors (Lipinski definition) is 4. The van der Waals surface area contributed by atoms with Crippen LogP contribution in [0.4, 0.5) is 0 Å². The molecule has 0 radical (unpaired) electrons. The van der Waals surface area contributed by atoms with Gasteiger partial charge >= 0.3 is 5.97 Å². The zero-order valence-corrected chi connectivity index (χ0v) is 17.9. The van der Waals surface area contributed by atoms with Crippen LogP contribution in [0.25, 0.3) is 0 Å². The van der Waals surface area contributed by atoms with Crippen LogP contribution >= 0.6 is 15.9 Å². The van der Waals surface area contributed by atoms with Gasteiger partial charge < -0.3 is 9.29 Å². The smallest absolute Gasteiger partial charge is 0.308 e. The topological polar surface area (TPSA) is 61.4 Å². The molecular weight excluding hydrogens is 390 g/mol. The Labute approximate surface area is 157 Å². The summed E-state index contributed by atoms with van der Waals surface area (Å²) in [7, 11) is 0. The summed E-state index contributed by atoms with van der Waals surface area (Å²) in [4.78, 5) is 12.4. The van der Waals surface area contributed by atoms with Crippen LogP contribution in [-0.4, -0.2) is 20.9 Å². The van der Waals surface area contributed by atoms with Crippen molar-refractivity contribution in [2.75, 3.05) is 0 Å². The van der Waals surface area contributed by atoms with Crippen LogP contribution < -0.4 is 4.72 Å². The van der Waals surface area contributed by atoms with Crippen LogP contribution in [0.2, 0.25) is 0 Å². The Bertz CT molecular complexity index is 580. The fourth-order valence-corrected chi connectivity index (χ4v) is 3.36. The Morgan fingerprint density at radius 1 is 1.21 bits per heavy atom.